The van der Waals surface area contributed by atoms with E-state index in [1.165, 1.54) is 5.56 Å². The first-order valence-electron chi connectivity index (χ1n) is 7.21. The summed E-state index contributed by atoms with van der Waals surface area (Å²) < 4.78 is 0. The fourth-order valence-corrected chi connectivity index (χ4v) is 3.53. The van der Waals surface area contributed by atoms with Crippen LogP contribution < -0.4 is 5.32 Å². The molecule has 0 amide bonds. The number of aliphatic hydroxyl groups excluding tert-OH is 1. The van der Waals surface area contributed by atoms with Gasteiger partial charge in [-0.3, -0.25) is 0 Å². The van der Waals surface area contributed by atoms with Gasteiger partial charge in [0.15, 0.2) is 0 Å². The Morgan fingerprint density at radius 3 is 2.85 bits per heavy atom. The van der Waals surface area contributed by atoms with Crippen LogP contribution in [0.2, 0.25) is 0 Å². The lowest BCUT2D eigenvalue weighted by Crippen LogP contribution is -2.27. The molecule has 106 valence electrons. The van der Waals surface area contributed by atoms with E-state index in [9.17, 15) is 5.11 Å². The van der Waals surface area contributed by atoms with Crippen LogP contribution in [0, 0.1) is 5.92 Å². The Bertz CT molecular complexity index is 540. The summed E-state index contributed by atoms with van der Waals surface area (Å²) in [6.07, 6.45) is 3.14. The number of rotatable bonds is 5. The molecule has 1 saturated carbocycles. The molecular formula is C16H20N2OS. The summed E-state index contributed by atoms with van der Waals surface area (Å²) in [5.41, 5.74) is 2.22. The van der Waals surface area contributed by atoms with Crippen LogP contribution in [0.4, 0.5) is 0 Å². The standard InChI is InChI=1S/C16H20N2OS/c19-15-8-4-7-13(15)9-17-10-16-18-14(11-20-16)12-5-2-1-3-6-12/h1-3,5-6,11,13,15,17,19H,4,7-10H2. The number of nitrogens with zero attached hydrogens (tertiary/aromatic N) is 1. The van der Waals surface area contributed by atoms with Crippen molar-refractivity contribution in [2.75, 3.05) is 6.54 Å². The highest BCUT2D eigenvalue weighted by molar-refractivity contribution is 7.09. The van der Waals surface area contributed by atoms with Gasteiger partial charge in [0, 0.05) is 24.0 Å². The molecule has 3 rings (SSSR count). The zero-order chi connectivity index (χ0) is 13.8. The molecule has 0 bridgehead atoms. The maximum atomic E-state index is 9.79. The third-order valence-corrected chi connectivity index (χ3v) is 4.77. The van der Waals surface area contributed by atoms with Gasteiger partial charge in [-0.25, -0.2) is 4.98 Å². The Morgan fingerprint density at radius 1 is 1.25 bits per heavy atom. The Hall–Kier alpha value is -1.23. The van der Waals surface area contributed by atoms with Crippen molar-refractivity contribution in [2.45, 2.75) is 31.9 Å². The smallest absolute Gasteiger partial charge is 0.107 e. The van der Waals surface area contributed by atoms with Crippen LogP contribution in [-0.4, -0.2) is 22.7 Å². The van der Waals surface area contributed by atoms with Crippen LogP contribution in [0.3, 0.4) is 0 Å². The van der Waals surface area contributed by atoms with E-state index in [1.54, 1.807) is 11.3 Å². The van der Waals surface area contributed by atoms with Crippen molar-refractivity contribution in [1.82, 2.24) is 10.3 Å². The highest BCUT2D eigenvalue weighted by atomic mass is 32.1. The monoisotopic (exact) mass is 288 g/mol. The number of hydrogen-bond donors (Lipinski definition) is 2. The summed E-state index contributed by atoms with van der Waals surface area (Å²) in [6, 6.07) is 10.3. The maximum Gasteiger partial charge on any atom is 0.107 e. The second-order valence-electron chi connectivity index (χ2n) is 5.38. The highest BCUT2D eigenvalue weighted by Crippen LogP contribution is 2.25. The van der Waals surface area contributed by atoms with E-state index < -0.39 is 0 Å². The predicted octanol–water partition coefficient (Wildman–Crippen LogP) is 3.06. The SMILES string of the molecule is OC1CCCC1CNCc1nc(-c2ccccc2)cs1. The molecule has 0 saturated heterocycles. The minimum atomic E-state index is -0.112. The first-order valence-corrected chi connectivity index (χ1v) is 8.09. The third-order valence-electron chi connectivity index (χ3n) is 3.92. The quantitative estimate of drug-likeness (QED) is 0.889. The van der Waals surface area contributed by atoms with Gasteiger partial charge >= 0.3 is 0 Å². The average molecular weight is 288 g/mol. The number of aliphatic hydroxyl groups is 1. The van der Waals surface area contributed by atoms with Gasteiger partial charge in [0.05, 0.1) is 11.8 Å². The fraction of sp³-hybridized carbons (Fsp3) is 0.438. The van der Waals surface area contributed by atoms with Gasteiger partial charge in [0.1, 0.15) is 5.01 Å². The van der Waals surface area contributed by atoms with Crippen LogP contribution in [0.15, 0.2) is 35.7 Å². The largest absolute Gasteiger partial charge is 0.393 e. The molecule has 2 N–H and O–H groups in total. The van der Waals surface area contributed by atoms with Crippen molar-refractivity contribution in [1.29, 1.82) is 0 Å². The molecule has 0 spiro atoms. The van der Waals surface area contributed by atoms with E-state index in [1.807, 2.05) is 18.2 Å². The Kier molecular flexibility index (Phi) is 4.45. The topological polar surface area (TPSA) is 45.1 Å². The molecule has 3 nitrogen and oxygen atoms in total. The summed E-state index contributed by atoms with van der Waals surface area (Å²) >= 11 is 1.69. The zero-order valence-electron chi connectivity index (χ0n) is 11.5. The van der Waals surface area contributed by atoms with Gasteiger partial charge in [0.2, 0.25) is 0 Å². The number of thiazole rings is 1. The van der Waals surface area contributed by atoms with Crippen LogP contribution in [-0.2, 0) is 6.54 Å². The van der Waals surface area contributed by atoms with Crippen LogP contribution in [0.1, 0.15) is 24.3 Å². The molecule has 0 aliphatic heterocycles. The lowest BCUT2D eigenvalue weighted by molar-refractivity contribution is 0.131. The summed E-state index contributed by atoms with van der Waals surface area (Å²) in [5, 5.41) is 16.4. The first-order chi connectivity index (χ1) is 9.83. The van der Waals surface area contributed by atoms with Crippen LogP contribution in [0.5, 0.6) is 0 Å². The average Bonchev–Trinajstić information content (AvgIpc) is 3.10. The predicted molar refractivity (Wildman–Crippen MR) is 82.6 cm³/mol. The van der Waals surface area contributed by atoms with Crippen molar-refractivity contribution < 1.29 is 5.11 Å². The van der Waals surface area contributed by atoms with Crippen LogP contribution in [0.25, 0.3) is 11.3 Å². The van der Waals surface area contributed by atoms with E-state index in [0.29, 0.717) is 5.92 Å². The molecule has 1 aliphatic carbocycles. The third kappa shape index (κ3) is 3.26. The Balaban J connectivity index is 1.53. The second kappa shape index (κ2) is 6.48. The molecule has 20 heavy (non-hydrogen) atoms. The first kappa shape index (κ1) is 13.7. The number of hydrogen-bond acceptors (Lipinski definition) is 4. The van der Waals surface area contributed by atoms with Gasteiger partial charge in [-0.2, -0.15) is 0 Å². The molecule has 2 atom stereocenters. The normalized spacial score (nSPS) is 22.2. The lowest BCUT2D eigenvalue weighted by atomic mass is 10.1. The molecule has 0 radical (unpaired) electrons. The summed E-state index contributed by atoms with van der Waals surface area (Å²) in [5.74, 6) is 0.420. The van der Waals surface area contributed by atoms with Crippen molar-refractivity contribution in [3.05, 3.63) is 40.7 Å². The number of benzene rings is 1. The molecule has 4 heteroatoms. The lowest BCUT2D eigenvalue weighted by Gasteiger charge is -2.14. The van der Waals surface area contributed by atoms with Gasteiger partial charge in [-0.1, -0.05) is 36.8 Å². The van der Waals surface area contributed by atoms with E-state index in [0.717, 1.165) is 43.1 Å². The molecule has 2 aromatic rings. The molecular weight excluding hydrogens is 268 g/mol. The van der Waals surface area contributed by atoms with Crippen molar-refractivity contribution >= 4 is 11.3 Å². The molecule has 1 aromatic carbocycles. The minimum Gasteiger partial charge on any atom is -0.393 e. The maximum absolute atomic E-state index is 9.79. The number of aromatic nitrogens is 1. The molecule has 1 fully saturated rings. The van der Waals surface area contributed by atoms with E-state index in [-0.39, 0.29) is 6.10 Å². The molecule has 1 heterocycles. The van der Waals surface area contributed by atoms with Gasteiger partial charge in [-0.15, -0.1) is 11.3 Å². The van der Waals surface area contributed by atoms with Crippen molar-refractivity contribution in [2.24, 2.45) is 5.92 Å². The van der Waals surface area contributed by atoms with Gasteiger partial charge < -0.3 is 10.4 Å². The Labute approximate surface area is 123 Å². The number of nitrogens with one attached hydrogen (secondary N) is 1. The molecule has 2 unspecified atom stereocenters. The van der Waals surface area contributed by atoms with E-state index in [2.05, 4.69) is 27.8 Å². The minimum absolute atomic E-state index is 0.112. The molecule has 1 aliphatic rings. The van der Waals surface area contributed by atoms with E-state index >= 15 is 0 Å². The van der Waals surface area contributed by atoms with Crippen molar-refractivity contribution in [3.63, 3.8) is 0 Å². The summed E-state index contributed by atoms with van der Waals surface area (Å²) in [7, 11) is 0. The summed E-state index contributed by atoms with van der Waals surface area (Å²) in [4.78, 5) is 4.66. The fourth-order valence-electron chi connectivity index (χ4n) is 2.75. The van der Waals surface area contributed by atoms with E-state index in [4.69, 9.17) is 0 Å². The van der Waals surface area contributed by atoms with Crippen LogP contribution >= 0.6 is 11.3 Å². The highest BCUT2D eigenvalue weighted by Gasteiger charge is 2.24. The van der Waals surface area contributed by atoms with Crippen molar-refractivity contribution in [3.8, 4) is 11.3 Å². The summed E-state index contributed by atoms with van der Waals surface area (Å²) in [6.45, 7) is 1.68. The van der Waals surface area contributed by atoms with Gasteiger partial charge in [0.25, 0.3) is 0 Å². The van der Waals surface area contributed by atoms with Gasteiger partial charge in [-0.05, 0) is 18.8 Å². The Morgan fingerprint density at radius 2 is 2.10 bits per heavy atom. The second-order valence-corrected chi connectivity index (χ2v) is 6.32. The zero-order valence-corrected chi connectivity index (χ0v) is 12.3. The molecule has 1 aromatic heterocycles.